The van der Waals surface area contributed by atoms with Crippen LogP contribution >= 0.6 is 0 Å². The molecule has 0 saturated heterocycles. The summed E-state index contributed by atoms with van der Waals surface area (Å²) in [6.07, 6.45) is 3.32. The van der Waals surface area contributed by atoms with Crippen molar-refractivity contribution >= 4 is 17.5 Å². The molecule has 1 fully saturated rings. The summed E-state index contributed by atoms with van der Waals surface area (Å²) in [6, 6.07) is 0.247. The number of anilines is 2. The molecule has 21 heavy (non-hydrogen) atoms. The molecular formula is C14H23N5O2. The minimum absolute atomic E-state index is 0.00653. The second-order valence-electron chi connectivity index (χ2n) is 5.68. The lowest BCUT2D eigenvalue weighted by atomic mass is 10.2. The number of nitrogens with zero attached hydrogens (tertiary/aromatic N) is 4. The van der Waals surface area contributed by atoms with Gasteiger partial charge in [0.2, 0.25) is 11.8 Å². The minimum atomic E-state index is -0.385. The van der Waals surface area contributed by atoms with E-state index in [-0.39, 0.29) is 16.7 Å². The Hall–Kier alpha value is -1.92. The van der Waals surface area contributed by atoms with Gasteiger partial charge in [-0.1, -0.05) is 6.92 Å². The molecule has 1 saturated carbocycles. The van der Waals surface area contributed by atoms with Gasteiger partial charge in [0.15, 0.2) is 0 Å². The van der Waals surface area contributed by atoms with E-state index in [1.165, 1.54) is 12.8 Å². The summed E-state index contributed by atoms with van der Waals surface area (Å²) < 4.78 is 0. The van der Waals surface area contributed by atoms with E-state index in [9.17, 15) is 10.1 Å². The van der Waals surface area contributed by atoms with Gasteiger partial charge in [-0.3, -0.25) is 10.1 Å². The standard InChI is InChI=1S/C14H23N5O2/c1-5-8-15-14-16-9(2)12(19(20)21)13(17-14)18(4)10(3)11-6-7-11/h10-11H,5-8H2,1-4H3,(H,15,16,17). The number of nitro groups is 1. The second kappa shape index (κ2) is 6.24. The molecule has 0 aliphatic heterocycles. The van der Waals surface area contributed by atoms with Crippen LogP contribution in [0.25, 0.3) is 0 Å². The van der Waals surface area contributed by atoms with Crippen molar-refractivity contribution in [2.24, 2.45) is 5.92 Å². The first kappa shape index (κ1) is 15.5. The summed E-state index contributed by atoms with van der Waals surface area (Å²) in [6.45, 7) is 6.56. The van der Waals surface area contributed by atoms with Gasteiger partial charge in [-0.15, -0.1) is 0 Å². The number of rotatable bonds is 7. The fraction of sp³-hybridized carbons (Fsp3) is 0.714. The Kier molecular flexibility index (Phi) is 4.59. The first-order valence-corrected chi connectivity index (χ1v) is 7.45. The van der Waals surface area contributed by atoms with E-state index < -0.39 is 0 Å². The highest BCUT2D eigenvalue weighted by molar-refractivity contribution is 5.62. The minimum Gasteiger partial charge on any atom is -0.354 e. The highest BCUT2D eigenvalue weighted by Gasteiger charge is 2.34. The topological polar surface area (TPSA) is 84.2 Å². The van der Waals surface area contributed by atoms with Gasteiger partial charge in [0.05, 0.1) is 4.92 Å². The molecule has 0 amide bonds. The quantitative estimate of drug-likeness (QED) is 0.614. The fourth-order valence-corrected chi connectivity index (χ4v) is 2.42. The third kappa shape index (κ3) is 3.40. The van der Waals surface area contributed by atoms with Gasteiger partial charge < -0.3 is 10.2 Å². The van der Waals surface area contributed by atoms with Gasteiger partial charge >= 0.3 is 5.69 Å². The highest BCUT2D eigenvalue weighted by atomic mass is 16.6. The van der Waals surface area contributed by atoms with Gasteiger partial charge in [0.25, 0.3) is 0 Å². The number of hydrogen-bond acceptors (Lipinski definition) is 6. The molecule has 2 rings (SSSR count). The summed E-state index contributed by atoms with van der Waals surface area (Å²) in [5.74, 6) is 1.48. The van der Waals surface area contributed by atoms with Crippen LogP contribution in [0.4, 0.5) is 17.5 Å². The molecular weight excluding hydrogens is 270 g/mol. The Morgan fingerprint density at radius 3 is 2.67 bits per heavy atom. The van der Waals surface area contributed by atoms with Crippen molar-refractivity contribution < 1.29 is 4.92 Å². The zero-order chi connectivity index (χ0) is 15.6. The number of aryl methyl sites for hydroxylation is 1. The van der Waals surface area contributed by atoms with Crippen LogP contribution in [0.1, 0.15) is 38.8 Å². The van der Waals surface area contributed by atoms with Crippen molar-refractivity contribution in [2.75, 3.05) is 23.8 Å². The molecule has 1 N–H and O–H groups in total. The van der Waals surface area contributed by atoms with Crippen LogP contribution in [0.3, 0.4) is 0 Å². The molecule has 1 aromatic heterocycles. The summed E-state index contributed by atoms with van der Waals surface area (Å²) in [4.78, 5) is 21.5. The van der Waals surface area contributed by atoms with Crippen LogP contribution in [-0.2, 0) is 0 Å². The lowest BCUT2D eigenvalue weighted by molar-refractivity contribution is -0.385. The lowest BCUT2D eigenvalue weighted by Crippen LogP contribution is -2.32. The van der Waals surface area contributed by atoms with Crippen molar-refractivity contribution in [3.05, 3.63) is 15.8 Å². The van der Waals surface area contributed by atoms with Crippen molar-refractivity contribution in [1.29, 1.82) is 0 Å². The molecule has 7 nitrogen and oxygen atoms in total. The van der Waals surface area contributed by atoms with E-state index in [1.807, 2.05) is 18.9 Å². The van der Waals surface area contributed by atoms with E-state index in [1.54, 1.807) is 6.92 Å². The third-order valence-electron chi connectivity index (χ3n) is 4.00. The molecule has 1 atom stereocenters. The van der Waals surface area contributed by atoms with Gasteiger partial charge in [-0.25, -0.2) is 4.98 Å². The molecule has 7 heteroatoms. The number of aromatic nitrogens is 2. The first-order chi connectivity index (χ1) is 9.95. The first-order valence-electron chi connectivity index (χ1n) is 7.45. The zero-order valence-electron chi connectivity index (χ0n) is 13.1. The normalized spacial score (nSPS) is 15.6. The largest absolute Gasteiger partial charge is 0.354 e. The molecule has 1 heterocycles. The van der Waals surface area contributed by atoms with Gasteiger partial charge in [0, 0.05) is 19.6 Å². The maximum Gasteiger partial charge on any atom is 0.332 e. The molecule has 1 aliphatic rings. The van der Waals surface area contributed by atoms with Gasteiger partial charge in [-0.05, 0) is 39.0 Å². The third-order valence-corrected chi connectivity index (χ3v) is 4.00. The van der Waals surface area contributed by atoms with Crippen LogP contribution in [-0.4, -0.2) is 34.5 Å². The Labute approximate surface area is 124 Å². The van der Waals surface area contributed by atoms with Crippen molar-refractivity contribution in [3.63, 3.8) is 0 Å². The fourth-order valence-electron chi connectivity index (χ4n) is 2.42. The van der Waals surface area contributed by atoms with E-state index >= 15 is 0 Å². The smallest absolute Gasteiger partial charge is 0.332 e. The molecule has 0 spiro atoms. The molecule has 0 bridgehead atoms. The number of nitrogens with one attached hydrogen (secondary N) is 1. The molecule has 0 radical (unpaired) electrons. The van der Waals surface area contributed by atoms with Crippen LogP contribution in [0.15, 0.2) is 0 Å². The lowest BCUT2D eigenvalue weighted by Gasteiger charge is -2.26. The Balaban J connectivity index is 2.38. The zero-order valence-corrected chi connectivity index (χ0v) is 13.1. The molecule has 0 aromatic carbocycles. The van der Waals surface area contributed by atoms with Crippen LogP contribution in [0.2, 0.25) is 0 Å². The molecule has 1 aliphatic carbocycles. The van der Waals surface area contributed by atoms with Crippen molar-refractivity contribution in [3.8, 4) is 0 Å². The van der Waals surface area contributed by atoms with Crippen LogP contribution < -0.4 is 10.2 Å². The highest BCUT2D eigenvalue weighted by Crippen LogP contribution is 2.38. The molecule has 1 unspecified atom stereocenters. The average Bonchev–Trinajstić information content (AvgIpc) is 3.26. The monoisotopic (exact) mass is 293 g/mol. The van der Waals surface area contributed by atoms with Gasteiger partial charge in [-0.2, -0.15) is 4.98 Å². The Morgan fingerprint density at radius 1 is 1.48 bits per heavy atom. The number of hydrogen-bond donors (Lipinski definition) is 1. The summed E-state index contributed by atoms with van der Waals surface area (Å²) >= 11 is 0. The molecule has 116 valence electrons. The van der Waals surface area contributed by atoms with Crippen LogP contribution in [0.5, 0.6) is 0 Å². The van der Waals surface area contributed by atoms with E-state index in [0.717, 1.165) is 13.0 Å². The van der Waals surface area contributed by atoms with E-state index in [2.05, 4.69) is 22.2 Å². The average molecular weight is 293 g/mol. The Morgan fingerprint density at radius 2 is 2.14 bits per heavy atom. The van der Waals surface area contributed by atoms with E-state index in [4.69, 9.17) is 0 Å². The summed E-state index contributed by atoms with van der Waals surface area (Å²) in [7, 11) is 1.88. The maximum absolute atomic E-state index is 11.4. The second-order valence-corrected chi connectivity index (χ2v) is 5.68. The summed E-state index contributed by atoms with van der Waals surface area (Å²) in [5, 5.41) is 14.5. The van der Waals surface area contributed by atoms with Crippen LogP contribution in [0, 0.1) is 23.0 Å². The maximum atomic E-state index is 11.4. The predicted octanol–water partition coefficient (Wildman–Crippen LogP) is 2.75. The van der Waals surface area contributed by atoms with Crippen molar-refractivity contribution in [2.45, 2.75) is 46.1 Å². The molecule has 1 aromatic rings. The summed E-state index contributed by atoms with van der Waals surface area (Å²) in [5.41, 5.74) is 0.408. The van der Waals surface area contributed by atoms with Crippen molar-refractivity contribution in [1.82, 2.24) is 9.97 Å². The van der Waals surface area contributed by atoms with E-state index in [0.29, 0.717) is 23.4 Å². The SMILES string of the molecule is CCCNc1nc(C)c([N+](=O)[O-])c(N(C)C(C)C2CC2)n1. The van der Waals surface area contributed by atoms with Gasteiger partial charge in [0.1, 0.15) is 5.69 Å². The predicted molar refractivity (Wildman–Crippen MR) is 82.8 cm³/mol. The Bertz CT molecular complexity index is 530.